The zero-order valence-electron chi connectivity index (χ0n) is 27.4. The highest BCUT2D eigenvalue weighted by molar-refractivity contribution is 5.90. The molecule has 0 saturated heterocycles. The first kappa shape index (κ1) is 31.9. The first-order chi connectivity index (χ1) is 20.4. The molecule has 0 amide bonds. The van der Waals surface area contributed by atoms with E-state index < -0.39 is 23.3 Å². The van der Waals surface area contributed by atoms with E-state index in [2.05, 4.69) is 54.2 Å². The molecule has 1 aromatic carbocycles. The fourth-order valence-corrected chi connectivity index (χ4v) is 12.8. The lowest BCUT2D eigenvalue weighted by Gasteiger charge is -2.72. The minimum Gasteiger partial charge on any atom is -0.478 e. The summed E-state index contributed by atoms with van der Waals surface area (Å²) in [5, 5.41) is 20.2. The van der Waals surface area contributed by atoms with Crippen LogP contribution >= 0.6 is 0 Å². The number of carboxylic acids is 1. The fourth-order valence-electron chi connectivity index (χ4n) is 12.8. The van der Waals surface area contributed by atoms with Crippen molar-refractivity contribution < 1.29 is 28.2 Å². The van der Waals surface area contributed by atoms with Crippen molar-refractivity contribution in [1.82, 2.24) is 0 Å². The summed E-state index contributed by atoms with van der Waals surface area (Å²) in [5.74, 6) is 0.764. The number of hydrogen-bond acceptors (Lipinski definition) is 2. The van der Waals surface area contributed by atoms with Gasteiger partial charge in [-0.1, -0.05) is 58.9 Å². The van der Waals surface area contributed by atoms with Crippen LogP contribution in [0.5, 0.6) is 0 Å². The summed E-state index contributed by atoms with van der Waals surface area (Å²) in [6.07, 6.45) is 7.17. The van der Waals surface area contributed by atoms with E-state index in [0.29, 0.717) is 35.2 Å². The maximum Gasteiger partial charge on any atom is 0.417 e. The summed E-state index contributed by atoms with van der Waals surface area (Å²) in [7, 11) is 0. The molecule has 0 aliphatic heterocycles. The molecule has 6 heteroatoms. The summed E-state index contributed by atoms with van der Waals surface area (Å²) >= 11 is 0. The maximum absolute atomic E-state index is 14.0. The number of carbonyl (C=O) groups is 1. The smallest absolute Gasteiger partial charge is 0.417 e. The maximum atomic E-state index is 14.0. The normalized spacial score (nSPS) is 42.8. The minimum atomic E-state index is -4.74. The molecule has 6 rings (SSSR count). The van der Waals surface area contributed by atoms with Crippen LogP contribution in [-0.4, -0.2) is 22.8 Å². The Morgan fingerprint density at radius 2 is 1.66 bits per heavy atom. The lowest BCUT2D eigenvalue weighted by Crippen LogP contribution is -2.65. The van der Waals surface area contributed by atoms with E-state index in [1.807, 2.05) is 0 Å². The molecule has 0 bridgehead atoms. The van der Waals surface area contributed by atoms with Crippen LogP contribution in [0.2, 0.25) is 0 Å². The monoisotopic (exact) mass is 612 g/mol. The van der Waals surface area contributed by atoms with Gasteiger partial charge in [0.2, 0.25) is 0 Å². The van der Waals surface area contributed by atoms with E-state index in [1.165, 1.54) is 5.57 Å². The van der Waals surface area contributed by atoms with E-state index in [1.54, 1.807) is 6.07 Å². The van der Waals surface area contributed by atoms with E-state index in [9.17, 15) is 28.2 Å². The van der Waals surface area contributed by atoms with Crippen molar-refractivity contribution in [3.63, 3.8) is 0 Å². The van der Waals surface area contributed by atoms with Gasteiger partial charge in [0.15, 0.2) is 0 Å². The van der Waals surface area contributed by atoms with Gasteiger partial charge in [0.25, 0.3) is 0 Å². The first-order valence-corrected chi connectivity index (χ1v) is 16.8. The van der Waals surface area contributed by atoms with Crippen LogP contribution in [0.3, 0.4) is 0 Å². The lowest BCUT2D eigenvalue weighted by atomic mass is 9.32. The number of fused-ring (bicyclic) bond motifs is 7. The topological polar surface area (TPSA) is 57.5 Å². The Morgan fingerprint density at radius 3 is 2.27 bits per heavy atom. The quantitative estimate of drug-likeness (QED) is 0.333. The average Bonchev–Trinajstić information content (AvgIpc) is 3.33. The second kappa shape index (κ2) is 9.96. The van der Waals surface area contributed by atoms with Crippen LogP contribution in [-0.2, 0) is 6.18 Å². The van der Waals surface area contributed by atoms with Crippen molar-refractivity contribution in [1.29, 1.82) is 0 Å². The summed E-state index contributed by atoms with van der Waals surface area (Å²) in [6, 6.07) is 3.76. The van der Waals surface area contributed by atoms with Crippen molar-refractivity contribution in [2.24, 2.45) is 56.7 Å². The zero-order valence-corrected chi connectivity index (χ0v) is 27.4. The molecule has 9 unspecified atom stereocenters. The van der Waals surface area contributed by atoms with E-state index >= 15 is 0 Å². The second-order valence-electron chi connectivity index (χ2n) is 16.8. The van der Waals surface area contributed by atoms with Crippen molar-refractivity contribution in [2.45, 2.75) is 106 Å². The number of benzene rings is 1. The first-order valence-electron chi connectivity index (χ1n) is 16.8. The van der Waals surface area contributed by atoms with Gasteiger partial charge in [0.05, 0.1) is 11.1 Å². The summed E-state index contributed by atoms with van der Waals surface area (Å²) in [4.78, 5) is 11.6. The van der Waals surface area contributed by atoms with Crippen LogP contribution < -0.4 is 0 Å². The molecular weight excluding hydrogens is 561 g/mol. The molecule has 0 aromatic heterocycles. The Kier molecular flexibility index (Phi) is 7.22. The van der Waals surface area contributed by atoms with Crippen LogP contribution in [0.1, 0.15) is 121 Å². The molecule has 1 aromatic rings. The minimum absolute atomic E-state index is 0.0107. The summed E-state index contributed by atoms with van der Waals surface area (Å²) < 4.78 is 41.9. The molecule has 0 radical (unpaired) electrons. The third kappa shape index (κ3) is 4.14. The molecule has 4 saturated carbocycles. The van der Waals surface area contributed by atoms with Crippen LogP contribution in [0.25, 0.3) is 5.57 Å². The van der Waals surface area contributed by atoms with Gasteiger partial charge >= 0.3 is 12.1 Å². The second-order valence-corrected chi connectivity index (χ2v) is 16.8. The number of aliphatic hydroxyl groups excluding tert-OH is 1. The molecule has 44 heavy (non-hydrogen) atoms. The Balaban J connectivity index is 1.38. The number of halogens is 3. The predicted molar refractivity (Wildman–Crippen MR) is 168 cm³/mol. The molecule has 9 atom stereocenters. The molecule has 0 heterocycles. The van der Waals surface area contributed by atoms with Gasteiger partial charge in [-0.2, -0.15) is 13.2 Å². The molecular formula is C38H51F3O3. The molecule has 2 N–H and O–H groups in total. The van der Waals surface area contributed by atoms with Crippen LogP contribution in [0, 0.1) is 56.7 Å². The molecule has 4 fully saturated rings. The Hall–Kier alpha value is -2.08. The number of hydrogen-bond donors (Lipinski definition) is 2. The van der Waals surface area contributed by atoms with Crippen LogP contribution in [0.15, 0.2) is 36.4 Å². The van der Waals surface area contributed by atoms with Crippen molar-refractivity contribution >= 4 is 11.5 Å². The van der Waals surface area contributed by atoms with Gasteiger partial charge in [-0.05, 0) is 145 Å². The highest BCUT2D eigenvalue weighted by Gasteiger charge is 2.70. The van der Waals surface area contributed by atoms with E-state index in [-0.39, 0.29) is 33.7 Å². The average molecular weight is 613 g/mol. The van der Waals surface area contributed by atoms with Crippen molar-refractivity contribution in [3.8, 4) is 0 Å². The summed E-state index contributed by atoms with van der Waals surface area (Å²) in [6.45, 7) is 18.9. The molecule has 242 valence electrons. The van der Waals surface area contributed by atoms with Gasteiger partial charge < -0.3 is 10.2 Å². The van der Waals surface area contributed by atoms with Gasteiger partial charge in [0, 0.05) is 6.61 Å². The number of allylic oxidation sites excluding steroid dienone is 3. The zero-order chi connectivity index (χ0) is 32.3. The number of rotatable bonds is 4. The number of alkyl halides is 3. The molecule has 3 nitrogen and oxygen atoms in total. The van der Waals surface area contributed by atoms with Crippen molar-refractivity contribution in [2.75, 3.05) is 6.61 Å². The van der Waals surface area contributed by atoms with E-state index in [0.717, 1.165) is 75.5 Å². The van der Waals surface area contributed by atoms with E-state index in [4.69, 9.17) is 0 Å². The molecule has 5 aliphatic rings. The Bertz CT molecular complexity index is 1410. The number of aromatic carboxylic acids is 1. The van der Waals surface area contributed by atoms with Gasteiger partial charge in [-0.25, -0.2) is 4.79 Å². The fraction of sp³-hybridized carbons (Fsp3) is 0.711. The van der Waals surface area contributed by atoms with Gasteiger partial charge in [-0.15, -0.1) is 0 Å². The largest absolute Gasteiger partial charge is 0.478 e. The van der Waals surface area contributed by atoms with Crippen LogP contribution in [0.4, 0.5) is 13.2 Å². The Morgan fingerprint density at radius 1 is 0.955 bits per heavy atom. The molecule has 0 spiro atoms. The van der Waals surface area contributed by atoms with Gasteiger partial charge in [-0.3, -0.25) is 0 Å². The lowest BCUT2D eigenvalue weighted by molar-refractivity contribution is -0.228. The molecule has 5 aliphatic carbocycles. The number of aliphatic hydroxyl groups is 1. The number of carboxylic acid groups (broad SMARTS) is 1. The SMILES string of the molecule is C=C(C)C1CCC2(CO)CCC3(C)C(CCC4C5(C)CC=C(c6ccc(C(=O)O)c(C(F)(F)F)c6)C(C)(C)C5CCC43C)C12. The highest BCUT2D eigenvalue weighted by Crippen LogP contribution is 2.77. The third-order valence-electron chi connectivity index (χ3n) is 15.0. The highest BCUT2D eigenvalue weighted by atomic mass is 19.4. The summed E-state index contributed by atoms with van der Waals surface area (Å²) in [5.41, 5.74) is 0.851. The third-order valence-corrected chi connectivity index (χ3v) is 15.0. The Labute approximate surface area is 261 Å². The van der Waals surface area contributed by atoms with Crippen molar-refractivity contribution in [3.05, 3.63) is 53.1 Å². The standard InChI is InChI=1S/C38H51F3O3/c1-22(2)24-12-17-37(21-42)19-18-35(6)27(31(24)37)10-11-30-34(5)15-13-26(33(3,4)29(34)14-16-36(30,35)7)23-8-9-25(32(43)44)28(20-23)38(39,40)41/h8-9,13,20,24,27,29-31,42H,1,10-12,14-19,21H2,2-7H3,(H,43,44). The van der Waals surface area contributed by atoms with Gasteiger partial charge in [0.1, 0.15) is 0 Å². The predicted octanol–water partition coefficient (Wildman–Crippen LogP) is 10.0.